The zero-order valence-electron chi connectivity index (χ0n) is 36.9. The predicted molar refractivity (Wildman–Crippen MR) is 230 cm³/mol. The van der Waals surface area contributed by atoms with E-state index < -0.39 is 102 Å². The van der Waals surface area contributed by atoms with Crippen LogP contribution < -0.4 is 54.4 Å². The van der Waals surface area contributed by atoms with Crippen LogP contribution in [0, 0.1) is 17.8 Å². The van der Waals surface area contributed by atoms with E-state index >= 15 is 0 Å². The first-order chi connectivity index (χ1) is 28.4. The fraction of sp³-hybridized carbons (Fsp3) is 0.634. The molecule has 0 saturated carbocycles. The highest BCUT2D eigenvalue weighted by atomic mass is 16.4. The number of carbonyl (C=O) groups excluding carboxylic acids is 7. The Bertz CT molecular complexity index is 1670. The van der Waals surface area contributed by atoms with Gasteiger partial charge in [-0.05, 0) is 69.8 Å². The minimum Gasteiger partial charge on any atom is -0.480 e. The van der Waals surface area contributed by atoms with Gasteiger partial charge in [-0.2, -0.15) is 0 Å². The van der Waals surface area contributed by atoms with E-state index in [2.05, 4.69) is 42.2 Å². The minimum atomic E-state index is -1.24. The third kappa shape index (κ3) is 20.4. The molecule has 8 atom stereocenters. The molecule has 0 aliphatic carbocycles. The fourth-order valence-corrected chi connectivity index (χ4v) is 5.93. The first kappa shape index (κ1) is 53.2. The Hall–Kier alpha value is -5.79. The highest BCUT2D eigenvalue weighted by molar-refractivity contribution is 5.97. The van der Waals surface area contributed by atoms with Gasteiger partial charge in [-0.1, -0.05) is 71.9 Å². The lowest BCUT2D eigenvalue weighted by atomic mass is 9.98. The van der Waals surface area contributed by atoms with Gasteiger partial charge in [-0.25, -0.2) is 4.79 Å². The minimum absolute atomic E-state index is 0.00270. The Balaban J connectivity index is 3.26. The van der Waals surface area contributed by atoms with Crippen LogP contribution in [0.15, 0.2) is 35.3 Å². The molecule has 7 amide bonds. The van der Waals surface area contributed by atoms with Crippen LogP contribution >= 0.6 is 0 Å². The Morgan fingerprint density at radius 3 is 1.54 bits per heavy atom. The van der Waals surface area contributed by atoms with Crippen molar-refractivity contribution in [2.75, 3.05) is 6.54 Å². The van der Waals surface area contributed by atoms with Gasteiger partial charge >= 0.3 is 5.97 Å². The lowest BCUT2D eigenvalue weighted by Gasteiger charge is -2.29. The number of amides is 7. The quantitative estimate of drug-likeness (QED) is 0.0301. The zero-order valence-corrected chi connectivity index (χ0v) is 36.9. The van der Waals surface area contributed by atoms with Crippen molar-refractivity contribution < 1.29 is 43.5 Å². The summed E-state index contributed by atoms with van der Waals surface area (Å²) in [6.45, 7) is 15.1. The standard InChI is InChI=1S/C41H69N11O9/c1-21(2)18-29(50-39(59)32(23(5)6)52-36(56)28(48-33(53)24(7)42)16-13-17-45-41(43)44)38(58)49-30(20-27-14-11-10-12-15-27)37(57)47-25(8)34(54)46-26(9)35(55)51-31(40(60)61)19-22(3)4/h10-12,14-15,21-26,28-32H,13,16-20,42H2,1-9H3,(H,46,54)(H,47,57)(H,48,53)(H,49,58)(H,50,59)(H,51,55)(H,52,56)(H,60,61)(H4,43,44,45)/t24-,25-,26-,28-,29-,30-,31-,32-/m0/s1. The molecule has 20 nitrogen and oxygen atoms in total. The molecule has 20 heteroatoms. The smallest absolute Gasteiger partial charge is 0.326 e. The van der Waals surface area contributed by atoms with E-state index in [4.69, 9.17) is 17.2 Å². The molecule has 0 aromatic heterocycles. The highest BCUT2D eigenvalue weighted by Crippen LogP contribution is 2.12. The topological polar surface area (TPSA) is 331 Å². The number of guanidine groups is 1. The van der Waals surface area contributed by atoms with E-state index in [1.807, 2.05) is 27.7 Å². The zero-order chi connectivity index (χ0) is 46.6. The molecule has 0 aliphatic heterocycles. The summed E-state index contributed by atoms with van der Waals surface area (Å²) < 4.78 is 0. The number of hydrogen-bond acceptors (Lipinski definition) is 10. The molecule has 14 N–H and O–H groups in total. The van der Waals surface area contributed by atoms with Crippen molar-refractivity contribution in [3.05, 3.63) is 35.9 Å². The normalized spacial score (nSPS) is 15.1. The second-order valence-corrected chi connectivity index (χ2v) is 16.5. The van der Waals surface area contributed by atoms with E-state index in [-0.39, 0.29) is 50.0 Å². The first-order valence-corrected chi connectivity index (χ1v) is 20.6. The monoisotopic (exact) mass is 860 g/mol. The number of aliphatic imine (C=N–C) groups is 1. The summed E-state index contributed by atoms with van der Waals surface area (Å²) in [5.74, 6) is -6.80. The average molecular weight is 860 g/mol. The molecule has 1 rings (SSSR count). The van der Waals surface area contributed by atoms with Crippen LogP contribution in [0.25, 0.3) is 0 Å². The largest absolute Gasteiger partial charge is 0.480 e. The van der Waals surface area contributed by atoms with E-state index in [9.17, 15) is 43.5 Å². The van der Waals surface area contributed by atoms with Crippen molar-refractivity contribution in [2.24, 2.45) is 39.9 Å². The van der Waals surface area contributed by atoms with Crippen molar-refractivity contribution >= 4 is 53.3 Å². The molecule has 1 aromatic rings. The maximum absolute atomic E-state index is 14.0. The Labute approximate surface area is 358 Å². The van der Waals surface area contributed by atoms with Crippen LogP contribution in [0.5, 0.6) is 0 Å². The summed E-state index contributed by atoms with van der Waals surface area (Å²) in [7, 11) is 0. The van der Waals surface area contributed by atoms with Crippen LogP contribution in [-0.4, -0.2) is 113 Å². The summed E-state index contributed by atoms with van der Waals surface area (Å²) in [6.07, 6.45) is 0.765. The van der Waals surface area contributed by atoms with E-state index in [1.54, 1.807) is 44.2 Å². The van der Waals surface area contributed by atoms with Crippen molar-refractivity contribution in [1.29, 1.82) is 0 Å². The molecular weight excluding hydrogens is 791 g/mol. The van der Waals surface area contributed by atoms with Gasteiger partial charge in [-0.15, -0.1) is 0 Å². The van der Waals surface area contributed by atoms with Gasteiger partial charge in [0.2, 0.25) is 41.4 Å². The Kier molecular flexibility index (Phi) is 23.1. The van der Waals surface area contributed by atoms with Gasteiger partial charge in [0.05, 0.1) is 6.04 Å². The number of aliphatic carboxylic acids is 1. The Morgan fingerprint density at radius 1 is 0.574 bits per heavy atom. The first-order valence-electron chi connectivity index (χ1n) is 20.6. The molecule has 342 valence electrons. The van der Waals surface area contributed by atoms with Crippen LogP contribution in [0.2, 0.25) is 0 Å². The second kappa shape index (κ2) is 26.4. The number of benzene rings is 1. The number of carbonyl (C=O) groups is 8. The molecule has 0 spiro atoms. The third-order valence-electron chi connectivity index (χ3n) is 9.32. The SMILES string of the molecule is CC(C)C[C@H](NC(=O)[C@H](C)NC(=O)[C@H](C)NC(=O)[C@H](Cc1ccccc1)NC(=O)[C@H](CC(C)C)NC(=O)[C@@H](NC(=O)[C@H](CCCN=C(N)N)NC(=O)[C@H](C)N)C(C)C)C(=O)O. The van der Waals surface area contributed by atoms with Gasteiger partial charge in [0, 0.05) is 13.0 Å². The number of carboxylic acids is 1. The lowest BCUT2D eigenvalue weighted by Crippen LogP contribution is -2.60. The average Bonchev–Trinajstić information content (AvgIpc) is 3.16. The molecule has 0 heterocycles. The number of nitrogens with two attached hydrogens (primary N) is 3. The maximum Gasteiger partial charge on any atom is 0.326 e. The summed E-state index contributed by atoms with van der Waals surface area (Å²) in [6, 6.07) is -0.273. The van der Waals surface area contributed by atoms with Crippen molar-refractivity contribution in [1.82, 2.24) is 37.2 Å². The molecule has 61 heavy (non-hydrogen) atoms. The lowest BCUT2D eigenvalue weighted by molar-refractivity contribution is -0.142. The predicted octanol–water partition coefficient (Wildman–Crippen LogP) is -1.10. The van der Waals surface area contributed by atoms with Gasteiger partial charge in [0.15, 0.2) is 5.96 Å². The number of hydrogen-bond donors (Lipinski definition) is 11. The molecule has 0 saturated heterocycles. The number of rotatable bonds is 26. The van der Waals surface area contributed by atoms with Crippen molar-refractivity contribution in [2.45, 2.75) is 143 Å². The van der Waals surface area contributed by atoms with Gasteiger partial charge in [0.25, 0.3) is 0 Å². The number of nitrogens with one attached hydrogen (secondary N) is 7. The maximum atomic E-state index is 14.0. The van der Waals surface area contributed by atoms with E-state index in [1.165, 1.54) is 20.8 Å². The summed E-state index contributed by atoms with van der Waals surface area (Å²) >= 11 is 0. The molecule has 0 bridgehead atoms. The molecule has 1 aromatic carbocycles. The number of carboxylic acid groups (broad SMARTS) is 1. The van der Waals surface area contributed by atoms with Gasteiger partial charge in [0.1, 0.15) is 42.3 Å². The number of nitrogens with zero attached hydrogens (tertiary/aromatic N) is 1. The van der Waals surface area contributed by atoms with Gasteiger partial charge in [-0.3, -0.25) is 38.6 Å². The van der Waals surface area contributed by atoms with Crippen molar-refractivity contribution in [3.63, 3.8) is 0 Å². The summed E-state index contributed by atoms with van der Waals surface area (Å²) in [4.78, 5) is 109. The van der Waals surface area contributed by atoms with Crippen LogP contribution in [-0.2, 0) is 44.8 Å². The third-order valence-corrected chi connectivity index (χ3v) is 9.32. The second-order valence-electron chi connectivity index (χ2n) is 16.5. The van der Waals surface area contributed by atoms with Crippen LogP contribution in [0.4, 0.5) is 0 Å². The molecule has 0 aliphatic rings. The molecule has 0 radical (unpaired) electrons. The molecule has 0 fully saturated rings. The summed E-state index contributed by atoms with van der Waals surface area (Å²) in [5, 5.41) is 27.7. The van der Waals surface area contributed by atoms with Gasteiger partial charge < -0.3 is 59.5 Å². The molecule has 0 unspecified atom stereocenters. The van der Waals surface area contributed by atoms with Crippen molar-refractivity contribution in [3.8, 4) is 0 Å². The fourth-order valence-electron chi connectivity index (χ4n) is 5.93. The summed E-state index contributed by atoms with van der Waals surface area (Å²) in [5.41, 5.74) is 17.2. The Morgan fingerprint density at radius 2 is 1.03 bits per heavy atom. The molecular formula is C41H69N11O9. The van der Waals surface area contributed by atoms with E-state index in [0.29, 0.717) is 12.0 Å². The van der Waals surface area contributed by atoms with Crippen LogP contribution in [0.1, 0.15) is 93.6 Å². The highest BCUT2D eigenvalue weighted by Gasteiger charge is 2.34. The van der Waals surface area contributed by atoms with Crippen LogP contribution in [0.3, 0.4) is 0 Å². The van der Waals surface area contributed by atoms with E-state index in [0.717, 1.165) is 0 Å².